The van der Waals surface area contributed by atoms with Gasteiger partial charge in [-0.15, -0.1) is 10.2 Å². The molecule has 2 aromatic carbocycles. The Kier molecular flexibility index (Phi) is 6.22. The first-order chi connectivity index (χ1) is 13.2. The van der Waals surface area contributed by atoms with Crippen molar-refractivity contribution in [1.82, 2.24) is 14.8 Å². The summed E-state index contributed by atoms with van der Waals surface area (Å²) in [5, 5.41) is 11.4. The summed E-state index contributed by atoms with van der Waals surface area (Å²) in [5.41, 5.74) is 1.98. The molecule has 0 bridgehead atoms. The summed E-state index contributed by atoms with van der Waals surface area (Å²) in [6, 6.07) is 16.2. The number of nitrogens with one attached hydrogen (secondary N) is 1. The molecule has 1 aromatic heterocycles. The molecule has 138 valence electrons. The van der Waals surface area contributed by atoms with Crippen LogP contribution in [0.4, 0.5) is 5.69 Å². The molecule has 0 aliphatic carbocycles. The zero-order valence-electron chi connectivity index (χ0n) is 14.7. The van der Waals surface area contributed by atoms with Crippen molar-refractivity contribution in [3.05, 3.63) is 66.5 Å². The lowest BCUT2D eigenvalue weighted by atomic mass is 10.2. The van der Waals surface area contributed by atoms with Gasteiger partial charge in [-0.2, -0.15) is 0 Å². The Morgan fingerprint density at radius 3 is 2.56 bits per heavy atom. The Morgan fingerprint density at radius 2 is 1.85 bits per heavy atom. The van der Waals surface area contributed by atoms with Crippen molar-refractivity contribution in [1.29, 1.82) is 0 Å². The van der Waals surface area contributed by atoms with E-state index in [1.807, 2.05) is 34.9 Å². The monoisotopic (exact) mass is 382 g/mol. The maximum atomic E-state index is 12.2. The molecule has 0 aliphatic heterocycles. The first-order valence-electron chi connectivity index (χ1n) is 8.32. The minimum atomic E-state index is -0.383. The van der Waals surface area contributed by atoms with E-state index in [2.05, 4.69) is 15.5 Å². The van der Waals surface area contributed by atoms with Crippen molar-refractivity contribution < 1.29 is 14.3 Å². The minimum absolute atomic E-state index is 0.175. The number of esters is 1. The number of nitrogens with zero attached hydrogens (tertiary/aromatic N) is 3. The van der Waals surface area contributed by atoms with E-state index in [9.17, 15) is 9.59 Å². The third-order valence-corrected chi connectivity index (χ3v) is 4.51. The summed E-state index contributed by atoms with van der Waals surface area (Å²) in [5.74, 6) is -0.372. The van der Waals surface area contributed by atoms with Crippen molar-refractivity contribution in [2.45, 2.75) is 12.1 Å². The number of aromatic nitrogens is 3. The standard InChI is InChI=1S/C19H18N4O3S/c1-2-26-18(25)14-8-10-15(11-9-14)21-17(24)12-27-19-22-20-13-23(19)16-6-4-3-5-7-16/h3-11,13H,2,12H2,1H3,(H,21,24). The van der Waals surface area contributed by atoms with E-state index in [0.717, 1.165) is 5.69 Å². The van der Waals surface area contributed by atoms with E-state index < -0.39 is 0 Å². The largest absolute Gasteiger partial charge is 0.462 e. The number of thioether (sulfide) groups is 1. The van der Waals surface area contributed by atoms with Crippen LogP contribution >= 0.6 is 11.8 Å². The first-order valence-corrected chi connectivity index (χ1v) is 9.31. The molecule has 3 aromatic rings. The summed E-state index contributed by atoms with van der Waals surface area (Å²) < 4.78 is 6.76. The van der Waals surface area contributed by atoms with Gasteiger partial charge in [0.2, 0.25) is 5.91 Å². The lowest BCUT2D eigenvalue weighted by Gasteiger charge is -2.07. The van der Waals surface area contributed by atoms with Crippen LogP contribution in [0.5, 0.6) is 0 Å². The maximum Gasteiger partial charge on any atom is 0.338 e. The van der Waals surface area contributed by atoms with E-state index in [1.165, 1.54) is 11.8 Å². The highest BCUT2D eigenvalue weighted by atomic mass is 32.2. The van der Waals surface area contributed by atoms with E-state index in [0.29, 0.717) is 23.0 Å². The molecule has 0 radical (unpaired) electrons. The first kappa shape index (κ1) is 18.7. The fourth-order valence-corrected chi connectivity index (χ4v) is 3.05. The summed E-state index contributed by atoms with van der Waals surface area (Å²) in [6.45, 7) is 2.07. The van der Waals surface area contributed by atoms with Gasteiger partial charge in [0.1, 0.15) is 6.33 Å². The van der Waals surface area contributed by atoms with Crippen molar-refractivity contribution >= 4 is 29.3 Å². The molecule has 0 saturated carbocycles. The number of carbonyl (C=O) groups is 2. The van der Waals surface area contributed by atoms with Crippen LogP contribution in [-0.2, 0) is 9.53 Å². The van der Waals surface area contributed by atoms with Crippen LogP contribution in [0.25, 0.3) is 5.69 Å². The van der Waals surface area contributed by atoms with Crippen molar-refractivity contribution in [3.63, 3.8) is 0 Å². The molecule has 0 unspecified atom stereocenters. The van der Waals surface area contributed by atoms with E-state index in [-0.39, 0.29) is 17.6 Å². The number of amides is 1. The van der Waals surface area contributed by atoms with Crippen LogP contribution in [-0.4, -0.2) is 39.0 Å². The number of para-hydroxylation sites is 1. The second-order valence-electron chi connectivity index (χ2n) is 5.45. The van der Waals surface area contributed by atoms with Gasteiger partial charge in [0.15, 0.2) is 5.16 Å². The number of benzene rings is 2. The summed E-state index contributed by atoms with van der Waals surface area (Å²) in [7, 11) is 0. The fraction of sp³-hybridized carbons (Fsp3) is 0.158. The number of anilines is 1. The zero-order valence-corrected chi connectivity index (χ0v) is 15.5. The van der Waals surface area contributed by atoms with Crippen LogP contribution in [0.2, 0.25) is 0 Å². The zero-order chi connectivity index (χ0) is 19.1. The highest BCUT2D eigenvalue weighted by molar-refractivity contribution is 7.99. The van der Waals surface area contributed by atoms with Gasteiger partial charge in [-0.3, -0.25) is 9.36 Å². The molecular formula is C19H18N4O3S. The molecule has 0 saturated heterocycles. The van der Waals surface area contributed by atoms with Gasteiger partial charge < -0.3 is 10.1 Å². The van der Waals surface area contributed by atoms with Crippen LogP contribution in [0.3, 0.4) is 0 Å². The molecule has 7 nitrogen and oxygen atoms in total. The van der Waals surface area contributed by atoms with Crippen LogP contribution in [0.15, 0.2) is 66.1 Å². The van der Waals surface area contributed by atoms with Gasteiger partial charge >= 0.3 is 5.97 Å². The summed E-state index contributed by atoms with van der Waals surface area (Å²) in [6.07, 6.45) is 1.61. The van der Waals surface area contributed by atoms with E-state index >= 15 is 0 Å². The molecule has 0 fully saturated rings. The molecule has 1 amide bonds. The number of carbonyl (C=O) groups excluding carboxylic acids is 2. The Bertz CT molecular complexity index is 910. The number of rotatable bonds is 7. The quantitative estimate of drug-likeness (QED) is 0.499. The smallest absolute Gasteiger partial charge is 0.338 e. The fourth-order valence-electron chi connectivity index (χ4n) is 2.32. The van der Waals surface area contributed by atoms with E-state index in [4.69, 9.17) is 4.74 Å². The number of ether oxygens (including phenoxy) is 1. The van der Waals surface area contributed by atoms with Crippen molar-refractivity contribution in [2.24, 2.45) is 0 Å². The average Bonchev–Trinajstić information content (AvgIpc) is 3.16. The Morgan fingerprint density at radius 1 is 1.11 bits per heavy atom. The second kappa shape index (κ2) is 9.00. The Hall–Kier alpha value is -3.13. The lowest BCUT2D eigenvalue weighted by Crippen LogP contribution is -2.14. The van der Waals surface area contributed by atoms with Crippen LogP contribution < -0.4 is 5.32 Å². The summed E-state index contributed by atoms with van der Waals surface area (Å²) in [4.78, 5) is 23.8. The normalized spacial score (nSPS) is 10.4. The molecule has 3 rings (SSSR count). The topological polar surface area (TPSA) is 86.1 Å². The lowest BCUT2D eigenvalue weighted by molar-refractivity contribution is -0.113. The highest BCUT2D eigenvalue weighted by Gasteiger charge is 2.11. The van der Waals surface area contributed by atoms with E-state index in [1.54, 1.807) is 37.5 Å². The van der Waals surface area contributed by atoms with Crippen molar-refractivity contribution in [3.8, 4) is 5.69 Å². The van der Waals surface area contributed by atoms with Gasteiger partial charge in [-0.25, -0.2) is 4.79 Å². The Labute approximate surface area is 160 Å². The molecule has 0 atom stereocenters. The average molecular weight is 382 g/mol. The second-order valence-corrected chi connectivity index (χ2v) is 6.40. The third kappa shape index (κ3) is 4.95. The predicted molar refractivity (Wildman–Crippen MR) is 103 cm³/mol. The predicted octanol–water partition coefficient (Wildman–Crippen LogP) is 3.17. The minimum Gasteiger partial charge on any atom is -0.462 e. The highest BCUT2D eigenvalue weighted by Crippen LogP contribution is 2.19. The molecule has 0 spiro atoms. The van der Waals surface area contributed by atoms with Gasteiger partial charge in [-0.05, 0) is 43.3 Å². The van der Waals surface area contributed by atoms with Crippen LogP contribution in [0, 0.1) is 0 Å². The third-order valence-electron chi connectivity index (χ3n) is 3.56. The SMILES string of the molecule is CCOC(=O)c1ccc(NC(=O)CSc2nncn2-c2ccccc2)cc1. The molecule has 1 heterocycles. The molecule has 0 aliphatic rings. The number of hydrogen-bond donors (Lipinski definition) is 1. The molecule has 27 heavy (non-hydrogen) atoms. The number of hydrogen-bond acceptors (Lipinski definition) is 6. The Balaban J connectivity index is 1.56. The van der Waals surface area contributed by atoms with Gasteiger partial charge in [-0.1, -0.05) is 30.0 Å². The molecule has 1 N–H and O–H groups in total. The van der Waals surface area contributed by atoms with Crippen LogP contribution in [0.1, 0.15) is 17.3 Å². The molecular weight excluding hydrogens is 364 g/mol. The van der Waals surface area contributed by atoms with Gasteiger partial charge in [0.25, 0.3) is 0 Å². The van der Waals surface area contributed by atoms with Crippen molar-refractivity contribution in [2.75, 3.05) is 17.7 Å². The summed E-state index contributed by atoms with van der Waals surface area (Å²) >= 11 is 1.29. The van der Waals surface area contributed by atoms with Gasteiger partial charge in [0, 0.05) is 11.4 Å². The maximum absolute atomic E-state index is 12.2. The van der Waals surface area contributed by atoms with Gasteiger partial charge in [0.05, 0.1) is 17.9 Å². The molecule has 8 heteroatoms.